The molecule has 0 radical (unpaired) electrons. The molecule has 0 aromatic heterocycles. The summed E-state index contributed by atoms with van der Waals surface area (Å²) in [6, 6.07) is 14.5. The molecule has 3 rings (SSSR count). The third kappa shape index (κ3) is 2.18. The van der Waals surface area contributed by atoms with Crippen LogP contribution in [0, 0.1) is 11.3 Å². The van der Waals surface area contributed by atoms with Crippen LogP contribution in [0.15, 0.2) is 42.5 Å². The highest BCUT2D eigenvalue weighted by Gasteiger charge is 2.23. The molecule has 0 fully saturated rings. The van der Waals surface area contributed by atoms with Crippen molar-refractivity contribution in [2.24, 2.45) is 0 Å². The van der Waals surface area contributed by atoms with Crippen molar-refractivity contribution in [3.63, 3.8) is 0 Å². The second kappa shape index (κ2) is 4.84. The van der Waals surface area contributed by atoms with Crippen molar-refractivity contribution in [2.75, 3.05) is 5.32 Å². The summed E-state index contributed by atoms with van der Waals surface area (Å²) in [7, 11) is 0. The molecule has 0 saturated heterocycles. The summed E-state index contributed by atoms with van der Waals surface area (Å²) in [6.07, 6.45) is 1.77. The lowest BCUT2D eigenvalue weighted by atomic mass is 10.0. The van der Waals surface area contributed by atoms with E-state index in [-0.39, 0.29) is 5.91 Å². The Morgan fingerprint density at radius 1 is 1.20 bits per heavy atom. The van der Waals surface area contributed by atoms with Crippen molar-refractivity contribution in [1.82, 2.24) is 0 Å². The van der Waals surface area contributed by atoms with Crippen LogP contribution >= 0.6 is 11.6 Å². The molecule has 20 heavy (non-hydrogen) atoms. The van der Waals surface area contributed by atoms with Crippen molar-refractivity contribution in [3.05, 3.63) is 64.2 Å². The van der Waals surface area contributed by atoms with Gasteiger partial charge in [0.25, 0.3) is 5.91 Å². The topological polar surface area (TPSA) is 52.9 Å². The molecule has 96 valence electrons. The first-order valence-electron chi connectivity index (χ1n) is 6.00. The predicted molar refractivity (Wildman–Crippen MR) is 79.1 cm³/mol. The molecule has 1 heterocycles. The van der Waals surface area contributed by atoms with Crippen molar-refractivity contribution < 1.29 is 4.79 Å². The fourth-order valence-corrected chi connectivity index (χ4v) is 2.35. The van der Waals surface area contributed by atoms with Gasteiger partial charge < -0.3 is 5.32 Å². The van der Waals surface area contributed by atoms with Crippen LogP contribution in [-0.4, -0.2) is 5.91 Å². The number of hydrogen-bond donors (Lipinski definition) is 1. The van der Waals surface area contributed by atoms with Crippen molar-refractivity contribution >= 4 is 34.8 Å². The Hall–Kier alpha value is -2.57. The maximum absolute atomic E-state index is 12.0. The fourth-order valence-electron chi connectivity index (χ4n) is 2.17. The van der Waals surface area contributed by atoms with Gasteiger partial charge in [-0.05, 0) is 35.9 Å². The van der Waals surface area contributed by atoms with E-state index in [1.165, 1.54) is 0 Å². The zero-order valence-corrected chi connectivity index (χ0v) is 11.1. The molecule has 2 aromatic carbocycles. The van der Waals surface area contributed by atoms with E-state index in [4.69, 9.17) is 16.9 Å². The summed E-state index contributed by atoms with van der Waals surface area (Å²) in [5, 5.41) is 12.3. The van der Waals surface area contributed by atoms with Gasteiger partial charge in [0.1, 0.15) is 0 Å². The molecule has 0 unspecified atom stereocenters. The molecule has 3 nitrogen and oxygen atoms in total. The van der Waals surface area contributed by atoms with E-state index >= 15 is 0 Å². The Kier molecular flexibility index (Phi) is 3.02. The van der Waals surface area contributed by atoms with Crippen LogP contribution in [0.25, 0.3) is 11.6 Å². The minimum absolute atomic E-state index is 0.162. The molecule has 1 amide bonds. The first-order chi connectivity index (χ1) is 9.67. The van der Waals surface area contributed by atoms with Crippen molar-refractivity contribution in [3.8, 4) is 6.07 Å². The molecule has 1 aliphatic rings. The standard InChI is InChI=1S/C16H9ClN2O/c17-12-4-5-13-14(16(20)19-15(13)8-12)7-10-2-1-3-11(6-10)9-18/h1-8H,(H,19,20). The van der Waals surface area contributed by atoms with Crippen LogP contribution in [-0.2, 0) is 4.79 Å². The molecule has 0 bridgehead atoms. The summed E-state index contributed by atoms with van der Waals surface area (Å²) in [6.45, 7) is 0. The third-order valence-corrected chi connectivity index (χ3v) is 3.33. The number of nitrogens with zero attached hydrogens (tertiary/aromatic N) is 1. The number of anilines is 1. The van der Waals surface area contributed by atoms with Crippen LogP contribution in [0.3, 0.4) is 0 Å². The zero-order valence-electron chi connectivity index (χ0n) is 10.4. The van der Waals surface area contributed by atoms with E-state index < -0.39 is 0 Å². The summed E-state index contributed by atoms with van der Waals surface area (Å²) in [4.78, 5) is 12.0. The Bertz CT molecular complexity index is 787. The molecule has 0 atom stereocenters. The van der Waals surface area contributed by atoms with Gasteiger partial charge in [0, 0.05) is 16.2 Å². The van der Waals surface area contributed by atoms with Crippen molar-refractivity contribution in [1.29, 1.82) is 5.26 Å². The van der Waals surface area contributed by atoms with E-state index in [1.54, 1.807) is 36.4 Å². The Balaban J connectivity index is 2.09. The van der Waals surface area contributed by atoms with Gasteiger partial charge in [-0.25, -0.2) is 0 Å². The minimum atomic E-state index is -0.162. The van der Waals surface area contributed by atoms with Crippen LogP contribution in [0.1, 0.15) is 16.7 Å². The number of nitrogens with one attached hydrogen (secondary N) is 1. The highest BCUT2D eigenvalue weighted by atomic mass is 35.5. The number of halogens is 1. The molecule has 0 saturated carbocycles. The van der Waals surface area contributed by atoms with Gasteiger partial charge in [0.05, 0.1) is 17.3 Å². The van der Waals surface area contributed by atoms with Gasteiger partial charge in [-0.3, -0.25) is 4.79 Å². The smallest absolute Gasteiger partial charge is 0.256 e. The Morgan fingerprint density at radius 2 is 2.05 bits per heavy atom. The van der Waals surface area contributed by atoms with E-state index in [0.717, 1.165) is 11.1 Å². The molecular weight excluding hydrogens is 272 g/mol. The monoisotopic (exact) mass is 280 g/mol. The summed E-state index contributed by atoms with van der Waals surface area (Å²) >= 11 is 5.91. The molecule has 4 heteroatoms. The normalized spacial score (nSPS) is 14.8. The average Bonchev–Trinajstić information content (AvgIpc) is 2.74. The lowest BCUT2D eigenvalue weighted by Crippen LogP contribution is -2.03. The second-order valence-electron chi connectivity index (χ2n) is 4.44. The SMILES string of the molecule is N#Cc1cccc(C=C2C(=O)Nc3cc(Cl)ccc32)c1. The van der Waals surface area contributed by atoms with E-state index in [1.807, 2.05) is 12.1 Å². The fraction of sp³-hybridized carbons (Fsp3) is 0. The Morgan fingerprint density at radius 3 is 2.85 bits per heavy atom. The number of amides is 1. The van der Waals surface area contributed by atoms with Crippen molar-refractivity contribution in [2.45, 2.75) is 0 Å². The van der Waals surface area contributed by atoms with Crippen LogP contribution < -0.4 is 5.32 Å². The summed E-state index contributed by atoms with van der Waals surface area (Å²) < 4.78 is 0. The molecule has 2 aromatic rings. The van der Waals surface area contributed by atoms with Crippen LogP contribution in [0.2, 0.25) is 5.02 Å². The van der Waals surface area contributed by atoms with Gasteiger partial charge in [0.2, 0.25) is 0 Å². The molecule has 0 aliphatic carbocycles. The molecule has 0 spiro atoms. The van der Waals surface area contributed by atoms with Gasteiger partial charge in [-0.2, -0.15) is 5.26 Å². The van der Waals surface area contributed by atoms with Crippen LogP contribution in [0.4, 0.5) is 5.69 Å². The lowest BCUT2D eigenvalue weighted by molar-refractivity contribution is -0.110. The summed E-state index contributed by atoms with van der Waals surface area (Å²) in [5.74, 6) is -0.162. The number of carbonyl (C=O) groups is 1. The maximum atomic E-state index is 12.0. The third-order valence-electron chi connectivity index (χ3n) is 3.09. The largest absolute Gasteiger partial charge is 0.321 e. The molecule has 1 aliphatic heterocycles. The number of hydrogen-bond acceptors (Lipinski definition) is 2. The molecular formula is C16H9ClN2O. The highest BCUT2D eigenvalue weighted by Crippen LogP contribution is 2.34. The average molecular weight is 281 g/mol. The highest BCUT2D eigenvalue weighted by molar-refractivity contribution is 6.36. The van der Waals surface area contributed by atoms with Gasteiger partial charge in [-0.1, -0.05) is 29.8 Å². The van der Waals surface area contributed by atoms with E-state index in [2.05, 4.69) is 11.4 Å². The maximum Gasteiger partial charge on any atom is 0.256 e. The lowest BCUT2D eigenvalue weighted by Gasteiger charge is -1.99. The van der Waals surface area contributed by atoms with Gasteiger partial charge in [0.15, 0.2) is 0 Å². The van der Waals surface area contributed by atoms with E-state index in [9.17, 15) is 4.79 Å². The number of fused-ring (bicyclic) bond motifs is 1. The minimum Gasteiger partial charge on any atom is -0.321 e. The van der Waals surface area contributed by atoms with Gasteiger partial charge >= 0.3 is 0 Å². The first kappa shape index (κ1) is 12.5. The number of rotatable bonds is 1. The molecule has 1 N–H and O–H groups in total. The predicted octanol–water partition coefficient (Wildman–Crippen LogP) is 3.70. The van der Waals surface area contributed by atoms with Crippen LogP contribution in [0.5, 0.6) is 0 Å². The second-order valence-corrected chi connectivity index (χ2v) is 4.88. The quantitative estimate of drug-likeness (QED) is 0.810. The number of benzene rings is 2. The zero-order chi connectivity index (χ0) is 14.1. The van der Waals surface area contributed by atoms with Gasteiger partial charge in [-0.15, -0.1) is 0 Å². The summed E-state index contributed by atoms with van der Waals surface area (Å²) in [5.41, 5.74) is 3.49. The number of carbonyl (C=O) groups excluding carboxylic acids is 1. The first-order valence-corrected chi connectivity index (χ1v) is 6.38. The number of nitriles is 1. The Labute approximate surface area is 121 Å². The van der Waals surface area contributed by atoms with E-state index in [0.29, 0.717) is 21.8 Å².